The lowest BCUT2D eigenvalue weighted by atomic mass is 9.92. The molecule has 7 nitrogen and oxygen atoms in total. The Morgan fingerprint density at radius 3 is 2.27 bits per heavy atom. The average Bonchev–Trinajstić information content (AvgIpc) is 3.36. The van der Waals surface area contributed by atoms with Gasteiger partial charge in [-0.15, -0.1) is 0 Å². The van der Waals surface area contributed by atoms with E-state index in [2.05, 4.69) is 21.0 Å². The smallest absolute Gasteiger partial charge is 0.260 e. The molecule has 0 radical (unpaired) electrons. The van der Waals surface area contributed by atoms with Gasteiger partial charge in [-0.3, -0.25) is 19.4 Å². The van der Waals surface area contributed by atoms with Gasteiger partial charge < -0.3 is 4.74 Å². The Hall–Kier alpha value is -3.78. The first-order chi connectivity index (χ1) is 16.0. The molecule has 2 amide bonds. The summed E-state index contributed by atoms with van der Waals surface area (Å²) in [6.45, 7) is 0. The summed E-state index contributed by atoms with van der Waals surface area (Å²) in [5.41, 5.74) is 1.40. The standard InChI is InChI=1S/C25H18BrN3O4/c1-33-19-10-6-5-9-18(19)28-24(31)20-21(23(30)15-7-3-2-4-8-15)27-29(22(20)25(28)32)17-13-11-16(26)12-14-17/h2-14,20,22H,1H3/t20-,22+/m0/s1. The minimum Gasteiger partial charge on any atom is -0.495 e. The van der Waals surface area contributed by atoms with Crippen LogP contribution in [0.5, 0.6) is 5.75 Å². The predicted octanol–water partition coefficient (Wildman–Crippen LogP) is 4.07. The SMILES string of the molecule is COc1ccccc1N1C(=O)[C@H]2C(C(=O)c3ccccc3)=NN(c3ccc(Br)cc3)[C@H]2C1=O. The Morgan fingerprint density at radius 2 is 1.58 bits per heavy atom. The van der Waals surface area contributed by atoms with Crippen molar-refractivity contribution in [2.45, 2.75) is 6.04 Å². The van der Waals surface area contributed by atoms with Crippen LogP contribution in [0, 0.1) is 5.92 Å². The van der Waals surface area contributed by atoms with Crippen molar-refractivity contribution in [1.82, 2.24) is 0 Å². The molecule has 0 saturated carbocycles. The van der Waals surface area contributed by atoms with E-state index in [9.17, 15) is 14.4 Å². The molecule has 0 N–H and O–H groups in total. The number of carbonyl (C=O) groups is 3. The number of Topliss-reactive ketones (excluding diaryl/α,β-unsaturated/α-hetero) is 1. The van der Waals surface area contributed by atoms with E-state index in [0.29, 0.717) is 22.7 Å². The van der Waals surface area contributed by atoms with Gasteiger partial charge in [0.05, 0.1) is 18.5 Å². The highest BCUT2D eigenvalue weighted by atomic mass is 79.9. The number of imide groups is 1. The zero-order valence-electron chi connectivity index (χ0n) is 17.5. The van der Waals surface area contributed by atoms with Gasteiger partial charge in [0.2, 0.25) is 11.7 Å². The number of hydrazone groups is 1. The van der Waals surface area contributed by atoms with Gasteiger partial charge in [-0.05, 0) is 36.4 Å². The van der Waals surface area contributed by atoms with E-state index < -0.39 is 23.8 Å². The largest absolute Gasteiger partial charge is 0.495 e. The van der Waals surface area contributed by atoms with Crippen LogP contribution >= 0.6 is 15.9 Å². The molecule has 0 aliphatic carbocycles. The Balaban J connectivity index is 1.63. The molecule has 0 aromatic heterocycles. The second-order valence-electron chi connectivity index (χ2n) is 7.61. The van der Waals surface area contributed by atoms with Crippen LogP contribution in [0.25, 0.3) is 0 Å². The van der Waals surface area contributed by atoms with Crippen LogP contribution in [0.4, 0.5) is 11.4 Å². The third kappa shape index (κ3) is 3.43. The van der Waals surface area contributed by atoms with Gasteiger partial charge in [-0.1, -0.05) is 58.4 Å². The summed E-state index contributed by atoms with van der Waals surface area (Å²) in [5.74, 6) is -1.98. The van der Waals surface area contributed by atoms with E-state index >= 15 is 0 Å². The third-order valence-corrected chi connectivity index (χ3v) is 6.26. The first-order valence-electron chi connectivity index (χ1n) is 10.2. The van der Waals surface area contributed by atoms with Gasteiger partial charge in [0.15, 0.2) is 0 Å². The lowest BCUT2D eigenvalue weighted by Crippen LogP contribution is -2.39. The maximum Gasteiger partial charge on any atom is 0.260 e. The van der Waals surface area contributed by atoms with E-state index in [1.54, 1.807) is 66.7 Å². The molecular formula is C25H18BrN3O4. The predicted molar refractivity (Wildman–Crippen MR) is 128 cm³/mol. The van der Waals surface area contributed by atoms with Crippen molar-refractivity contribution in [2.75, 3.05) is 17.0 Å². The van der Waals surface area contributed by atoms with E-state index in [1.807, 2.05) is 12.1 Å². The van der Waals surface area contributed by atoms with Crippen molar-refractivity contribution in [3.63, 3.8) is 0 Å². The number of hydrogen-bond donors (Lipinski definition) is 0. The maximum atomic E-state index is 13.6. The van der Waals surface area contributed by atoms with E-state index in [-0.39, 0.29) is 11.5 Å². The highest BCUT2D eigenvalue weighted by Crippen LogP contribution is 2.41. The fourth-order valence-electron chi connectivity index (χ4n) is 4.20. The van der Waals surface area contributed by atoms with Crippen LogP contribution in [-0.2, 0) is 9.59 Å². The van der Waals surface area contributed by atoms with E-state index in [4.69, 9.17) is 4.74 Å². The Kier molecular flexibility index (Phi) is 5.30. The summed E-state index contributed by atoms with van der Waals surface area (Å²) in [7, 11) is 1.48. The van der Waals surface area contributed by atoms with Crippen LogP contribution < -0.4 is 14.6 Å². The molecule has 0 spiro atoms. The minimum absolute atomic E-state index is 0.0462. The summed E-state index contributed by atoms with van der Waals surface area (Å²) in [6, 6.07) is 21.7. The summed E-state index contributed by atoms with van der Waals surface area (Å²) in [6.07, 6.45) is 0. The molecule has 2 atom stereocenters. The molecule has 164 valence electrons. The molecule has 2 aliphatic rings. The van der Waals surface area contributed by atoms with Crippen molar-refractivity contribution < 1.29 is 19.1 Å². The first kappa shape index (κ1) is 21.1. The third-order valence-electron chi connectivity index (χ3n) is 5.73. The maximum absolute atomic E-state index is 13.6. The number of ether oxygens (including phenoxy) is 1. The lowest BCUT2D eigenvalue weighted by Gasteiger charge is -2.22. The number of hydrogen-bond acceptors (Lipinski definition) is 6. The molecule has 0 unspecified atom stereocenters. The summed E-state index contributed by atoms with van der Waals surface area (Å²) in [4.78, 5) is 41.7. The first-order valence-corrected chi connectivity index (χ1v) is 11.0. The topological polar surface area (TPSA) is 79.3 Å². The van der Waals surface area contributed by atoms with Crippen LogP contribution in [0.1, 0.15) is 10.4 Å². The van der Waals surface area contributed by atoms with Gasteiger partial charge in [-0.2, -0.15) is 5.10 Å². The number of halogens is 1. The summed E-state index contributed by atoms with van der Waals surface area (Å²) >= 11 is 3.40. The molecule has 0 bridgehead atoms. The number of nitrogens with zero attached hydrogens (tertiary/aromatic N) is 3. The van der Waals surface area contributed by atoms with Crippen LogP contribution in [0.15, 0.2) is 88.4 Å². The zero-order valence-corrected chi connectivity index (χ0v) is 19.1. The second kappa shape index (κ2) is 8.29. The zero-order chi connectivity index (χ0) is 23.1. The van der Waals surface area contributed by atoms with Crippen molar-refractivity contribution in [2.24, 2.45) is 11.0 Å². The summed E-state index contributed by atoms with van der Waals surface area (Å²) in [5, 5.41) is 5.98. The molecule has 8 heteroatoms. The van der Waals surface area contributed by atoms with Crippen LogP contribution in [0.2, 0.25) is 0 Å². The van der Waals surface area contributed by atoms with Gasteiger partial charge >= 0.3 is 0 Å². The minimum atomic E-state index is -1.03. The van der Waals surface area contributed by atoms with Gasteiger partial charge in [-0.25, -0.2) is 4.90 Å². The molecule has 3 aromatic carbocycles. The van der Waals surface area contributed by atoms with Gasteiger partial charge in [0, 0.05) is 10.0 Å². The number of ketones is 1. The molecule has 1 fully saturated rings. The number of anilines is 2. The number of fused-ring (bicyclic) bond motifs is 1. The Morgan fingerprint density at radius 1 is 0.909 bits per heavy atom. The van der Waals surface area contributed by atoms with Crippen LogP contribution in [-0.4, -0.2) is 36.5 Å². The van der Waals surface area contributed by atoms with Crippen LogP contribution in [0.3, 0.4) is 0 Å². The number of amides is 2. The number of benzene rings is 3. The van der Waals surface area contributed by atoms with E-state index in [0.717, 1.165) is 9.37 Å². The fourth-order valence-corrected chi connectivity index (χ4v) is 4.46. The second-order valence-corrected chi connectivity index (χ2v) is 8.52. The number of para-hydroxylation sites is 2. The number of carbonyl (C=O) groups excluding carboxylic acids is 3. The van der Waals surface area contributed by atoms with E-state index in [1.165, 1.54) is 12.1 Å². The monoisotopic (exact) mass is 503 g/mol. The molecular weight excluding hydrogens is 486 g/mol. The number of rotatable bonds is 5. The number of methoxy groups -OCH3 is 1. The van der Waals surface area contributed by atoms with Crippen molar-refractivity contribution in [1.29, 1.82) is 0 Å². The Labute approximate surface area is 198 Å². The molecule has 5 rings (SSSR count). The highest BCUT2D eigenvalue weighted by Gasteiger charge is 2.59. The average molecular weight is 504 g/mol. The molecule has 2 aliphatic heterocycles. The van der Waals surface area contributed by atoms with Crippen molar-refractivity contribution in [3.05, 3.63) is 88.9 Å². The quantitative estimate of drug-likeness (QED) is 0.387. The van der Waals surface area contributed by atoms with Gasteiger partial charge in [0.1, 0.15) is 23.4 Å². The fraction of sp³-hybridized carbons (Fsp3) is 0.120. The summed E-state index contributed by atoms with van der Waals surface area (Å²) < 4.78 is 6.24. The molecule has 3 aromatic rings. The normalized spacial score (nSPS) is 19.5. The highest BCUT2D eigenvalue weighted by molar-refractivity contribution is 9.10. The lowest BCUT2D eigenvalue weighted by molar-refractivity contribution is -0.121. The molecule has 1 saturated heterocycles. The Bertz CT molecular complexity index is 1290. The van der Waals surface area contributed by atoms with Gasteiger partial charge in [0.25, 0.3) is 5.91 Å². The van der Waals surface area contributed by atoms with Crippen molar-refractivity contribution in [3.8, 4) is 5.75 Å². The van der Waals surface area contributed by atoms with Crippen molar-refractivity contribution >= 4 is 50.6 Å². The molecule has 2 heterocycles. The molecule has 33 heavy (non-hydrogen) atoms.